The van der Waals surface area contributed by atoms with E-state index >= 15 is 0 Å². The molecule has 2 N–H and O–H groups in total. The lowest BCUT2D eigenvalue weighted by molar-refractivity contribution is -0.117. The standard InChI is InChI=1S/C15H24N2O2/c1-17(10-15(9-16)11-19-12-15)8-7-13-3-5-14(18-2)6-4-13/h3-6H,7-12,16H2,1-2H3. The van der Waals surface area contributed by atoms with Gasteiger partial charge in [0.2, 0.25) is 0 Å². The molecule has 1 heterocycles. The van der Waals surface area contributed by atoms with Crippen molar-refractivity contribution in [2.75, 3.05) is 47.0 Å². The Morgan fingerprint density at radius 3 is 2.47 bits per heavy atom. The molecule has 0 saturated carbocycles. The zero-order valence-corrected chi connectivity index (χ0v) is 11.9. The lowest BCUT2D eigenvalue weighted by Gasteiger charge is -2.43. The zero-order valence-electron chi connectivity index (χ0n) is 11.9. The molecule has 0 unspecified atom stereocenters. The molecular weight excluding hydrogens is 240 g/mol. The van der Waals surface area contributed by atoms with Gasteiger partial charge in [-0.25, -0.2) is 0 Å². The third-order valence-corrected chi connectivity index (χ3v) is 3.80. The monoisotopic (exact) mass is 264 g/mol. The summed E-state index contributed by atoms with van der Waals surface area (Å²) in [7, 11) is 3.84. The fourth-order valence-electron chi connectivity index (χ4n) is 2.43. The van der Waals surface area contributed by atoms with Crippen LogP contribution in [0.2, 0.25) is 0 Å². The summed E-state index contributed by atoms with van der Waals surface area (Å²) in [6, 6.07) is 8.27. The van der Waals surface area contributed by atoms with Gasteiger partial charge in [-0.1, -0.05) is 12.1 Å². The quantitative estimate of drug-likeness (QED) is 0.802. The van der Waals surface area contributed by atoms with Gasteiger partial charge in [-0.05, 0) is 31.2 Å². The van der Waals surface area contributed by atoms with Crippen LogP contribution in [0.5, 0.6) is 5.75 Å². The number of ether oxygens (including phenoxy) is 2. The predicted octanol–water partition coefficient (Wildman–Crippen LogP) is 1.14. The normalized spacial score (nSPS) is 17.3. The van der Waals surface area contributed by atoms with E-state index in [1.165, 1.54) is 5.56 Å². The van der Waals surface area contributed by atoms with Gasteiger partial charge in [-0.2, -0.15) is 0 Å². The highest BCUT2D eigenvalue weighted by Crippen LogP contribution is 2.26. The van der Waals surface area contributed by atoms with Gasteiger partial charge in [0.25, 0.3) is 0 Å². The Morgan fingerprint density at radius 1 is 1.32 bits per heavy atom. The number of hydrogen-bond acceptors (Lipinski definition) is 4. The molecule has 0 spiro atoms. The number of hydrogen-bond donors (Lipinski definition) is 1. The third kappa shape index (κ3) is 3.69. The summed E-state index contributed by atoms with van der Waals surface area (Å²) >= 11 is 0. The van der Waals surface area contributed by atoms with Gasteiger partial charge in [-0.15, -0.1) is 0 Å². The molecule has 1 saturated heterocycles. The summed E-state index contributed by atoms with van der Waals surface area (Å²) < 4.78 is 10.5. The fraction of sp³-hybridized carbons (Fsp3) is 0.600. The van der Waals surface area contributed by atoms with E-state index < -0.39 is 0 Å². The van der Waals surface area contributed by atoms with Crippen LogP contribution in [0.25, 0.3) is 0 Å². The van der Waals surface area contributed by atoms with Crippen molar-refractivity contribution in [2.24, 2.45) is 11.1 Å². The van der Waals surface area contributed by atoms with Crippen molar-refractivity contribution < 1.29 is 9.47 Å². The second kappa shape index (κ2) is 6.37. The zero-order chi connectivity index (χ0) is 13.7. The minimum absolute atomic E-state index is 0.189. The van der Waals surface area contributed by atoms with Crippen LogP contribution in [0.4, 0.5) is 0 Å². The number of rotatable bonds is 7. The Hall–Kier alpha value is -1.10. The van der Waals surface area contributed by atoms with Crippen LogP contribution in [-0.4, -0.2) is 51.9 Å². The molecule has 0 radical (unpaired) electrons. The van der Waals surface area contributed by atoms with Gasteiger partial charge in [0.05, 0.1) is 20.3 Å². The number of nitrogens with two attached hydrogens (primary N) is 1. The van der Waals surface area contributed by atoms with Crippen LogP contribution in [0.1, 0.15) is 5.56 Å². The number of likely N-dealkylation sites (N-methyl/N-ethyl adjacent to an activating group) is 1. The lowest BCUT2D eigenvalue weighted by atomic mass is 9.85. The number of benzene rings is 1. The maximum absolute atomic E-state index is 5.84. The summed E-state index contributed by atoms with van der Waals surface area (Å²) in [6.45, 7) is 4.36. The molecule has 1 aliphatic rings. The van der Waals surface area contributed by atoms with Gasteiger partial charge < -0.3 is 20.1 Å². The van der Waals surface area contributed by atoms with E-state index in [0.717, 1.165) is 38.5 Å². The third-order valence-electron chi connectivity index (χ3n) is 3.80. The summed E-state index contributed by atoms with van der Waals surface area (Å²) in [4.78, 5) is 2.35. The van der Waals surface area contributed by atoms with Crippen LogP contribution >= 0.6 is 0 Å². The van der Waals surface area contributed by atoms with Crippen molar-refractivity contribution in [3.05, 3.63) is 29.8 Å². The molecule has 4 heteroatoms. The molecule has 0 aliphatic carbocycles. The van der Waals surface area contributed by atoms with Gasteiger partial charge >= 0.3 is 0 Å². The molecule has 4 nitrogen and oxygen atoms in total. The van der Waals surface area contributed by atoms with Crippen molar-refractivity contribution in [2.45, 2.75) is 6.42 Å². The maximum atomic E-state index is 5.84. The number of nitrogens with zero attached hydrogens (tertiary/aromatic N) is 1. The van der Waals surface area contributed by atoms with Crippen molar-refractivity contribution in [3.8, 4) is 5.75 Å². The van der Waals surface area contributed by atoms with Crippen molar-refractivity contribution in [3.63, 3.8) is 0 Å². The minimum atomic E-state index is 0.189. The van der Waals surface area contributed by atoms with Crippen LogP contribution in [-0.2, 0) is 11.2 Å². The summed E-state index contributed by atoms with van der Waals surface area (Å²) in [6.07, 6.45) is 1.04. The first kappa shape index (κ1) is 14.3. The largest absolute Gasteiger partial charge is 0.497 e. The summed E-state index contributed by atoms with van der Waals surface area (Å²) in [5.74, 6) is 0.908. The Balaban J connectivity index is 1.77. The van der Waals surface area contributed by atoms with Crippen molar-refractivity contribution in [1.29, 1.82) is 0 Å². The first-order valence-corrected chi connectivity index (χ1v) is 6.77. The average Bonchev–Trinajstić information content (AvgIpc) is 2.41. The van der Waals surface area contributed by atoms with E-state index in [2.05, 4.69) is 24.1 Å². The molecule has 1 aromatic carbocycles. The molecule has 0 amide bonds. The van der Waals surface area contributed by atoms with E-state index in [1.54, 1.807) is 7.11 Å². The second-order valence-corrected chi connectivity index (χ2v) is 5.53. The minimum Gasteiger partial charge on any atom is -0.497 e. The van der Waals surface area contributed by atoms with Crippen LogP contribution in [0.3, 0.4) is 0 Å². The SMILES string of the molecule is COc1ccc(CCN(C)CC2(CN)COC2)cc1. The predicted molar refractivity (Wildman–Crippen MR) is 76.5 cm³/mol. The van der Waals surface area contributed by atoms with Gasteiger partial charge in [0.1, 0.15) is 5.75 Å². The summed E-state index contributed by atoms with van der Waals surface area (Å²) in [5, 5.41) is 0. The molecule has 19 heavy (non-hydrogen) atoms. The topological polar surface area (TPSA) is 47.7 Å². The van der Waals surface area contributed by atoms with Crippen LogP contribution < -0.4 is 10.5 Å². The van der Waals surface area contributed by atoms with Crippen LogP contribution in [0, 0.1) is 5.41 Å². The Bertz CT molecular complexity index is 382. The molecule has 2 rings (SSSR count). The second-order valence-electron chi connectivity index (χ2n) is 5.53. The first-order valence-electron chi connectivity index (χ1n) is 6.77. The lowest BCUT2D eigenvalue weighted by Crippen LogP contribution is -2.54. The maximum Gasteiger partial charge on any atom is 0.118 e. The van der Waals surface area contributed by atoms with Crippen LogP contribution in [0.15, 0.2) is 24.3 Å². The van der Waals surface area contributed by atoms with E-state index in [-0.39, 0.29) is 5.41 Å². The van der Waals surface area contributed by atoms with Crippen molar-refractivity contribution >= 4 is 0 Å². The number of methoxy groups -OCH3 is 1. The van der Waals surface area contributed by atoms with Gasteiger partial charge in [0, 0.05) is 25.0 Å². The Kier molecular flexibility index (Phi) is 4.80. The Morgan fingerprint density at radius 2 is 2.00 bits per heavy atom. The molecule has 0 atom stereocenters. The highest BCUT2D eigenvalue weighted by atomic mass is 16.5. The molecule has 0 bridgehead atoms. The average molecular weight is 264 g/mol. The van der Waals surface area contributed by atoms with E-state index in [9.17, 15) is 0 Å². The first-order chi connectivity index (χ1) is 9.17. The molecule has 106 valence electrons. The van der Waals surface area contributed by atoms with Gasteiger partial charge in [0.15, 0.2) is 0 Å². The highest BCUT2D eigenvalue weighted by Gasteiger charge is 2.37. The van der Waals surface area contributed by atoms with Gasteiger partial charge in [-0.3, -0.25) is 0 Å². The van der Waals surface area contributed by atoms with E-state index in [0.29, 0.717) is 6.54 Å². The van der Waals surface area contributed by atoms with E-state index in [4.69, 9.17) is 15.2 Å². The fourth-order valence-corrected chi connectivity index (χ4v) is 2.43. The molecule has 1 aromatic rings. The Labute approximate surface area is 115 Å². The van der Waals surface area contributed by atoms with E-state index in [1.807, 2.05) is 12.1 Å². The molecule has 1 fully saturated rings. The highest BCUT2D eigenvalue weighted by molar-refractivity contribution is 5.27. The molecule has 0 aromatic heterocycles. The summed E-state index contributed by atoms with van der Waals surface area (Å²) in [5.41, 5.74) is 7.36. The van der Waals surface area contributed by atoms with Crippen molar-refractivity contribution in [1.82, 2.24) is 4.90 Å². The smallest absolute Gasteiger partial charge is 0.118 e. The molecular formula is C15H24N2O2. The molecule has 1 aliphatic heterocycles.